The molecule has 2 N–H and O–H groups in total. The summed E-state index contributed by atoms with van der Waals surface area (Å²) in [5.41, 5.74) is 5.62. The van der Waals surface area contributed by atoms with Crippen LogP contribution in [0.1, 0.15) is 234 Å². The molecule has 0 radical (unpaired) electrons. The third-order valence-corrected chi connectivity index (χ3v) is 41.4. The summed E-state index contributed by atoms with van der Waals surface area (Å²) in [5.74, 6) is 0.623. The van der Waals surface area contributed by atoms with Gasteiger partial charge in [-0.05, 0) is 276 Å². The standard InChI is InChI=1S/C22H36F2O5Si.C17H28F2O3Si.C17H26F2O2Si.C16H21BrF2O4.C16H22F2O5.C14H21BrF2O2Si/c1-15(27-20(25)29-21(2,3)4)12-16-10-11-18(28-19(23)24)17(13-16)14-26-30(8,9)22(5,6)7;1-12(20)9-13-7-8-15(22-16(18)19)14(10-13)11-21-23(5,6)17(2,3)4;1-7-8-13-9-10-15(21-16(18)19)14(11-13)12-20-22(5,6)17(2,3)4;1-10(21-15(20)23-16(2,3)4)7-11-5-6-13(22-14(18)19)12(8-11)9-17;1-10(21-15(20)23-16(2,3)4)7-11-5-6-13(22-14(17)18)12(8-11)9-19;1-14(2,3)20(4,5)18-9-10-8-11(15)6-7-12(10)19-13(16)17/h10-11,13,15,19H,12,14H2,1-9H3;7-8,10,12,16,20H,9,11H2,1-6H3;7,9-11,16H,1,8,12H2,2-6H3;5-6,8,10,14H,7,9H2,1-4H3;5-6,8,10,14,19H,7,9H2,1-4H3;6-8,13H,9H2,1-5H3. The molecule has 0 amide bonds. The van der Waals surface area contributed by atoms with Gasteiger partial charge in [-0.1, -0.05) is 157 Å². The van der Waals surface area contributed by atoms with Crippen LogP contribution in [0.2, 0.25) is 72.5 Å². The lowest BCUT2D eigenvalue weighted by Gasteiger charge is -2.36. The molecule has 802 valence electrons. The van der Waals surface area contributed by atoms with Gasteiger partial charge >= 0.3 is 58.1 Å². The van der Waals surface area contributed by atoms with Gasteiger partial charge < -0.3 is 84.8 Å². The predicted molar refractivity (Wildman–Crippen MR) is 543 cm³/mol. The van der Waals surface area contributed by atoms with Gasteiger partial charge in [0.2, 0.25) is 0 Å². The van der Waals surface area contributed by atoms with E-state index in [1.807, 2.05) is 6.07 Å². The largest absolute Gasteiger partial charge is 0.509 e. The van der Waals surface area contributed by atoms with E-state index in [1.165, 1.54) is 36.4 Å². The number of hydrogen-bond acceptors (Lipinski definition) is 21. The zero-order valence-corrected chi connectivity index (χ0v) is 95.3. The molecule has 0 aliphatic rings. The van der Waals surface area contributed by atoms with E-state index in [1.54, 1.807) is 163 Å². The maximum atomic E-state index is 12.8. The highest BCUT2D eigenvalue weighted by Gasteiger charge is 2.41. The Hall–Kier alpha value is -7.58. The number of carbonyl (C=O) groups is 3. The van der Waals surface area contributed by atoms with Gasteiger partial charge in [0, 0.05) is 62.4 Å². The maximum absolute atomic E-state index is 12.8. The van der Waals surface area contributed by atoms with Gasteiger partial charge in [0.15, 0.2) is 33.3 Å². The predicted octanol–water partition coefficient (Wildman–Crippen LogP) is 31.3. The maximum Gasteiger partial charge on any atom is 0.509 e. The molecule has 0 saturated heterocycles. The van der Waals surface area contributed by atoms with Gasteiger partial charge in [-0.2, -0.15) is 52.7 Å². The Kier molecular flexibility index (Phi) is 54.7. The smallest absolute Gasteiger partial charge is 0.435 e. The highest BCUT2D eigenvalue weighted by Crippen LogP contribution is 2.43. The lowest BCUT2D eigenvalue weighted by atomic mass is 10.0. The van der Waals surface area contributed by atoms with Crippen LogP contribution in [-0.2, 0) is 117 Å². The molecule has 0 aromatic heterocycles. The molecule has 0 bridgehead atoms. The summed E-state index contributed by atoms with van der Waals surface area (Å²) in [6, 6.07) is 29.5. The highest BCUT2D eigenvalue weighted by molar-refractivity contribution is 9.10. The number of aliphatic hydroxyl groups is 2. The van der Waals surface area contributed by atoms with E-state index in [0.29, 0.717) is 70.8 Å². The van der Waals surface area contributed by atoms with Crippen molar-refractivity contribution in [1.82, 2.24) is 0 Å². The first-order valence-electron chi connectivity index (χ1n) is 46.0. The lowest BCUT2D eigenvalue weighted by Crippen LogP contribution is -2.40. The van der Waals surface area contributed by atoms with Crippen LogP contribution in [0, 0.1) is 0 Å². The molecule has 21 nitrogen and oxygen atoms in total. The van der Waals surface area contributed by atoms with Crippen molar-refractivity contribution < 1.29 is 152 Å². The molecular formula is C102H154Br2F12O21Si4. The Morgan fingerprint density at radius 3 is 0.780 bits per heavy atom. The van der Waals surface area contributed by atoms with Crippen LogP contribution in [0.3, 0.4) is 0 Å². The fraction of sp³-hybridized carbons (Fsp3) is 0.598. The first kappa shape index (κ1) is 131. The summed E-state index contributed by atoms with van der Waals surface area (Å²) < 4.78 is 233. The number of carbonyl (C=O) groups excluding carboxylic acids is 3. The third-order valence-electron chi connectivity index (χ3n) is 22.4. The molecule has 4 unspecified atom stereocenters. The minimum Gasteiger partial charge on any atom is -0.435 e. The highest BCUT2D eigenvalue weighted by atomic mass is 79.9. The first-order valence-corrected chi connectivity index (χ1v) is 59.5. The zero-order chi connectivity index (χ0) is 109. The van der Waals surface area contributed by atoms with Gasteiger partial charge in [-0.25, -0.2) is 14.4 Å². The minimum atomic E-state index is -2.96. The number of alkyl halides is 13. The van der Waals surface area contributed by atoms with E-state index in [2.05, 4.69) is 202 Å². The van der Waals surface area contributed by atoms with Crippen molar-refractivity contribution in [2.75, 3.05) is 0 Å². The number of rotatable bonds is 39. The van der Waals surface area contributed by atoms with Crippen molar-refractivity contribution in [3.05, 3.63) is 188 Å². The van der Waals surface area contributed by atoms with Gasteiger partial charge in [0.25, 0.3) is 0 Å². The van der Waals surface area contributed by atoms with Crippen LogP contribution in [0.25, 0.3) is 0 Å². The number of hydrogen-bond donors (Lipinski definition) is 2. The molecule has 0 fully saturated rings. The van der Waals surface area contributed by atoms with Gasteiger partial charge in [-0.3, -0.25) is 0 Å². The topological polar surface area (TPSA) is 239 Å². The van der Waals surface area contributed by atoms with Crippen molar-refractivity contribution >= 4 is 83.6 Å². The lowest BCUT2D eigenvalue weighted by molar-refractivity contribution is -0.0516. The Labute approximate surface area is 849 Å². The first-order chi connectivity index (χ1) is 64.2. The van der Waals surface area contributed by atoms with Gasteiger partial charge in [-0.15, -0.1) is 6.58 Å². The molecular weight excluding hydrogens is 2060 g/mol. The summed E-state index contributed by atoms with van der Waals surface area (Å²) in [4.78, 5) is 35.0. The molecule has 4 atom stereocenters. The van der Waals surface area contributed by atoms with Crippen LogP contribution in [-0.4, -0.2) is 143 Å². The van der Waals surface area contributed by atoms with Crippen molar-refractivity contribution in [2.45, 2.75) is 397 Å². The molecule has 0 saturated carbocycles. The summed E-state index contributed by atoms with van der Waals surface area (Å²) in [5, 5.41) is 19.3. The molecule has 141 heavy (non-hydrogen) atoms. The number of halogens is 14. The second kappa shape index (κ2) is 58.7. The van der Waals surface area contributed by atoms with E-state index in [-0.39, 0.29) is 86.6 Å². The summed E-state index contributed by atoms with van der Waals surface area (Å²) >= 11 is 6.58. The minimum absolute atomic E-state index is 0.00981. The number of allylic oxidation sites excluding steroid dienone is 1. The van der Waals surface area contributed by atoms with Gasteiger partial charge in [0.1, 0.15) is 69.6 Å². The summed E-state index contributed by atoms with van der Waals surface area (Å²) in [6.45, 7) is 52.0. The van der Waals surface area contributed by atoms with Crippen LogP contribution in [0.4, 0.5) is 67.1 Å². The van der Waals surface area contributed by atoms with Crippen LogP contribution in [0.5, 0.6) is 34.5 Å². The van der Waals surface area contributed by atoms with E-state index >= 15 is 0 Å². The van der Waals surface area contributed by atoms with Crippen LogP contribution in [0.15, 0.2) is 126 Å². The van der Waals surface area contributed by atoms with Crippen molar-refractivity contribution in [2.24, 2.45) is 0 Å². The average molecular weight is 2220 g/mol. The molecule has 0 spiro atoms. The summed E-state index contributed by atoms with van der Waals surface area (Å²) in [7, 11) is -7.94. The van der Waals surface area contributed by atoms with Crippen molar-refractivity contribution in [1.29, 1.82) is 0 Å². The van der Waals surface area contributed by atoms with E-state index in [0.717, 1.165) is 26.7 Å². The Balaban J connectivity index is 0.000000850. The van der Waals surface area contributed by atoms with E-state index < -0.39 is 139 Å². The average Bonchev–Trinajstić information content (AvgIpc) is 0.824. The van der Waals surface area contributed by atoms with Crippen molar-refractivity contribution in [3.63, 3.8) is 0 Å². The normalized spacial score (nSPS) is 13.2. The molecule has 6 aromatic rings. The fourth-order valence-electron chi connectivity index (χ4n) is 11.1. The molecule has 6 aromatic carbocycles. The monoisotopic (exact) mass is 2210 g/mol. The number of aliphatic hydroxyl groups excluding tert-OH is 2. The SMILES string of the molecule is C=CCc1ccc(OC(F)F)c(CO[Si](C)(C)C(C)(C)C)c1.CC(C)(C)[Si](C)(C)OCc1cc(Br)ccc1OC(F)F.CC(Cc1ccc(OC(F)F)c(CBr)c1)OC(=O)OC(C)(C)C.CC(Cc1ccc(OC(F)F)c(CO)c1)OC(=O)OC(C)(C)C.CC(Cc1ccc(OC(F)F)c(CO[Si](C)(C)C(C)(C)C)c1)OC(=O)OC(C)(C)C.CC(O)Cc1ccc(OC(F)F)c(CO[Si](C)(C)C(C)(C)C)c1. The van der Waals surface area contributed by atoms with Gasteiger partial charge in [0.05, 0.1) is 39.1 Å². The van der Waals surface area contributed by atoms with E-state index in [4.69, 9.17) is 46.1 Å². The molecule has 6 rings (SSSR count). The Bertz CT molecular complexity index is 4660. The fourth-order valence-corrected chi connectivity index (χ4v) is 15.8. The van der Waals surface area contributed by atoms with Crippen molar-refractivity contribution in [3.8, 4) is 34.5 Å². The molecule has 0 aliphatic heterocycles. The molecule has 39 heteroatoms. The summed E-state index contributed by atoms with van der Waals surface area (Å²) in [6.07, 6.45) is 0.0417. The Morgan fingerprint density at radius 1 is 0.340 bits per heavy atom. The third kappa shape index (κ3) is 53.9. The number of ether oxygens (including phenoxy) is 12. The van der Waals surface area contributed by atoms with Crippen LogP contribution >= 0.6 is 31.9 Å². The van der Waals surface area contributed by atoms with Crippen LogP contribution < -0.4 is 28.4 Å². The second-order valence-electron chi connectivity index (χ2n) is 42.6. The zero-order valence-electron chi connectivity index (χ0n) is 88.2. The second-order valence-corrected chi connectivity index (χ2v) is 63.3. The number of benzene rings is 6. The molecule has 0 heterocycles. The molecule has 0 aliphatic carbocycles. The quantitative estimate of drug-likeness (QED) is 0.00910. The van der Waals surface area contributed by atoms with E-state index in [9.17, 15) is 77.3 Å². The Morgan fingerprint density at radius 2 is 0.553 bits per heavy atom.